The molecule has 0 aromatic heterocycles. The van der Waals surface area contributed by atoms with Crippen LogP contribution in [0.3, 0.4) is 0 Å². The predicted octanol–water partition coefficient (Wildman–Crippen LogP) is 5.75. The van der Waals surface area contributed by atoms with E-state index in [0.29, 0.717) is 10.0 Å². The smallest absolute Gasteiger partial charge is 0.309 e. The van der Waals surface area contributed by atoms with Crippen molar-refractivity contribution in [3.05, 3.63) is 69.7 Å². The Morgan fingerprint density at radius 1 is 1.00 bits per heavy atom. The van der Waals surface area contributed by atoms with Crippen molar-refractivity contribution < 1.29 is 9.53 Å². The normalized spacial score (nSPS) is 15.2. The van der Waals surface area contributed by atoms with Gasteiger partial charge >= 0.3 is 5.97 Å². The minimum atomic E-state index is -0.561. The summed E-state index contributed by atoms with van der Waals surface area (Å²) >= 11 is 12.2. The van der Waals surface area contributed by atoms with Crippen molar-refractivity contribution in [2.75, 3.05) is 0 Å². The maximum absolute atomic E-state index is 12.7. The zero-order chi connectivity index (χ0) is 19.5. The van der Waals surface area contributed by atoms with Crippen molar-refractivity contribution in [2.24, 2.45) is 11.7 Å². The lowest BCUT2D eigenvalue weighted by molar-refractivity contribution is -0.160. The monoisotopic (exact) mass is 393 g/mol. The number of benzene rings is 2. The Hall–Kier alpha value is -1.55. The van der Waals surface area contributed by atoms with E-state index in [1.807, 2.05) is 58.0 Å². The Morgan fingerprint density at radius 2 is 1.62 bits per heavy atom. The van der Waals surface area contributed by atoms with Gasteiger partial charge < -0.3 is 10.5 Å². The molecule has 0 saturated heterocycles. The first kappa shape index (κ1) is 20.8. The molecule has 3 atom stereocenters. The number of rotatable bonds is 5. The van der Waals surface area contributed by atoms with E-state index in [1.165, 1.54) is 0 Å². The van der Waals surface area contributed by atoms with E-state index in [1.54, 1.807) is 18.2 Å². The first-order chi connectivity index (χ1) is 12.1. The van der Waals surface area contributed by atoms with E-state index in [-0.39, 0.29) is 11.9 Å². The first-order valence-corrected chi connectivity index (χ1v) is 9.33. The number of carbonyl (C=O) groups is 1. The number of carbonyl (C=O) groups excluding carboxylic acids is 1. The van der Waals surface area contributed by atoms with Crippen molar-refractivity contribution in [3.8, 4) is 0 Å². The van der Waals surface area contributed by atoms with E-state index in [4.69, 9.17) is 33.7 Å². The summed E-state index contributed by atoms with van der Waals surface area (Å²) in [6.07, 6.45) is 0. The summed E-state index contributed by atoms with van der Waals surface area (Å²) in [5, 5.41) is 1.24. The van der Waals surface area contributed by atoms with Gasteiger partial charge in [0.25, 0.3) is 0 Å². The molecule has 0 aliphatic rings. The second kappa shape index (κ2) is 8.43. The highest BCUT2D eigenvalue weighted by atomic mass is 35.5. The second-order valence-electron chi connectivity index (χ2n) is 7.48. The molecular weight excluding hydrogens is 369 g/mol. The highest BCUT2D eigenvalue weighted by Gasteiger charge is 2.34. The van der Waals surface area contributed by atoms with Crippen LogP contribution < -0.4 is 5.73 Å². The molecular formula is C21H25Cl2NO2. The van der Waals surface area contributed by atoms with Gasteiger partial charge in [0.15, 0.2) is 0 Å². The molecule has 0 fully saturated rings. The number of esters is 1. The molecule has 26 heavy (non-hydrogen) atoms. The second-order valence-corrected chi connectivity index (χ2v) is 8.35. The lowest BCUT2D eigenvalue weighted by atomic mass is 9.79. The van der Waals surface area contributed by atoms with Crippen LogP contribution in [0.1, 0.15) is 50.8 Å². The predicted molar refractivity (Wildman–Crippen MR) is 108 cm³/mol. The summed E-state index contributed by atoms with van der Waals surface area (Å²) in [7, 11) is 0. The topological polar surface area (TPSA) is 52.3 Å². The molecule has 0 bridgehead atoms. The molecule has 2 aromatic carbocycles. The summed E-state index contributed by atoms with van der Waals surface area (Å²) in [6, 6.07) is 14.4. The molecule has 140 valence electrons. The van der Waals surface area contributed by atoms with Gasteiger partial charge in [-0.1, -0.05) is 54.4 Å². The molecule has 2 aromatic rings. The Bertz CT molecular complexity index is 753. The first-order valence-electron chi connectivity index (χ1n) is 8.58. The summed E-state index contributed by atoms with van der Waals surface area (Å²) in [4.78, 5) is 12.7. The van der Waals surface area contributed by atoms with Crippen LogP contribution in [-0.4, -0.2) is 11.6 Å². The zero-order valence-electron chi connectivity index (χ0n) is 15.5. The Balaban J connectivity index is 2.41. The van der Waals surface area contributed by atoms with Gasteiger partial charge in [-0.2, -0.15) is 0 Å². The van der Waals surface area contributed by atoms with Crippen LogP contribution in [0.15, 0.2) is 48.5 Å². The molecule has 0 saturated carbocycles. The van der Waals surface area contributed by atoms with Crippen LogP contribution in [0.4, 0.5) is 0 Å². The highest BCUT2D eigenvalue weighted by molar-refractivity contribution is 6.30. The maximum atomic E-state index is 12.7. The van der Waals surface area contributed by atoms with E-state index >= 15 is 0 Å². The summed E-state index contributed by atoms with van der Waals surface area (Å²) in [5.41, 5.74) is 7.82. The van der Waals surface area contributed by atoms with Crippen molar-refractivity contribution in [1.29, 1.82) is 0 Å². The zero-order valence-corrected chi connectivity index (χ0v) is 17.0. The fraction of sp³-hybridized carbons (Fsp3) is 0.381. The molecule has 2 N–H and O–H groups in total. The van der Waals surface area contributed by atoms with Crippen LogP contribution in [0, 0.1) is 5.92 Å². The average molecular weight is 394 g/mol. The molecule has 0 aliphatic heterocycles. The lowest BCUT2D eigenvalue weighted by Gasteiger charge is -2.31. The fourth-order valence-corrected chi connectivity index (χ4v) is 3.28. The highest BCUT2D eigenvalue weighted by Crippen LogP contribution is 2.37. The standard InChI is InChI=1S/C21H25Cl2NO2/c1-13(20(25)26-21(2,3)4)18(15-6-5-7-17(23)12-15)19(24)14-8-10-16(22)11-9-14/h5-13,18-19H,24H2,1-4H3. The molecule has 3 unspecified atom stereocenters. The molecule has 0 aliphatic carbocycles. The molecule has 3 nitrogen and oxygen atoms in total. The van der Waals surface area contributed by atoms with Crippen LogP contribution in [0.5, 0.6) is 0 Å². The molecule has 0 radical (unpaired) electrons. The molecule has 0 spiro atoms. The Kier molecular flexibility index (Phi) is 6.73. The molecule has 2 rings (SSSR count). The molecule has 5 heteroatoms. The summed E-state index contributed by atoms with van der Waals surface area (Å²) < 4.78 is 5.59. The van der Waals surface area contributed by atoms with Crippen LogP contribution in [0.25, 0.3) is 0 Å². The molecule has 0 heterocycles. The van der Waals surface area contributed by atoms with Gasteiger partial charge in [-0.15, -0.1) is 0 Å². The Morgan fingerprint density at radius 3 is 2.15 bits per heavy atom. The van der Waals surface area contributed by atoms with Crippen LogP contribution in [0.2, 0.25) is 10.0 Å². The number of nitrogens with two attached hydrogens (primary N) is 1. The van der Waals surface area contributed by atoms with Crippen molar-refractivity contribution in [3.63, 3.8) is 0 Å². The van der Waals surface area contributed by atoms with E-state index < -0.39 is 17.6 Å². The minimum absolute atomic E-state index is 0.285. The summed E-state index contributed by atoms with van der Waals surface area (Å²) in [6.45, 7) is 7.40. The van der Waals surface area contributed by atoms with Gasteiger partial charge in [-0.05, 0) is 56.2 Å². The van der Waals surface area contributed by atoms with E-state index in [2.05, 4.69) is 0 Å². The number of halogens is 2. The third-order valence-electron chi connectivity index (χ3n) is 4.19. The van der Waals surface area contributed by atoms with Gasteiger partial charge in [0.1, 0.15) is 5.60 Å². The fourth-order valence-electron chi connectivity index (χ4n) is 2.95. The SMILES string of the molecule is CC(C(=O)OC(C)(C)C)C(c1cccc(Cl)c1)C(N)c1ccc(Cl)cc1. The minimum Gasteiger partial charge on any atom is -0.460 e. The van der Waals surface area contributed by atoms with Gasteiger partial charge in [-0.25, -0.2) is 0 Å². The average Bonchev–Trinajstić information content (AvgIpc) is 2.54. The van der Waals surface area contributed by atoms with Gasteiger partial charge in [0, 0.05) is 22.0 Å². The lowest BCUT2D eigenvalue weighted by Crippen LogP contribution is -2.34. The van der Waals surface area contributed by atoms with Gasteiger partial charge in [0.05, 0.1) is 5.92 Å². The van der Waals surface area contributed by atoms with Crippen LogP contribution >= 0.6 is 23.2 Å². The third kappa shape index (κ3) is 5.47. The number of ether oxygens (including phenoxy) is 1. The molecule has 0 amide bonds. The largest absolute Gasteiger partial charge is 0.460 e. The third-order valence-corrected chi connectivity index (χ3v) is 4.68. The van der Waals surface area contributed by atoms with Gasteiger partial charge in [0.2, 0.25) is 0 Å². The maximum Gasteiger partial charge on any atom is 0.309 e. The van der Waals surface area contributed by atoms with Gasteiger partial charge in [-0.3, -0.25) is 4.79 Å². The quantitative estimate of drug-likeness (QED) is 0.657. The number of hydrogen-bond acceptors (Lipinski definition) is 3. The van der Waals surface area contributed by atoms with Crippen molar-refractivity contribution in [1.82, 2.24) is 0 Å². The summed E-state index contributed by atoms with van der Waals surface area (Å²) in [5.74, 6) is -1.02. The van der Waals surface area contributed by atoms with E-state index in [9.17, 15) is 4.79 Å². The van der Waals surface area contributed by atoms with Crippen molar-refractivity contribution >= 4 is 29.2 Å². The number of hydrogen-bond donors (Lipinski definition) is 1. The van der Waals surface area contributed by atoms with Crippen molar-refractivity contribution in [2.45, 2.75) is 45.3 Å². The van der Waals surface area contributed by atoms with Crippen LogP contribution in [-0.2, 0) is 9.53 Å². The van der Waals surface area contributed by atoms with E-state index in [0.717, 1.165) is 11.1 Å². The Labute approximate surface area is 165 Å².